The predicted octanol–water partition coefficient (Wildman–Crippen LogP) is 4.98. The summed E-state index contributed by atoms with van der Waals surface area (Å²) in [5.74, 6) is 1.03. The van der Waals surface area contributed by atoms with E-state index in [1.165, 1.54) is 11.1 Å². The second kappa shape index (κ2) is 12.0. The van der Waals surface area contributed by atoms with E-state index in [4.69, 9.17) is 16.3 Å². The fourth-order valence-electron chi connectivity index (χ4n) is 5.52. The van der Waals surface area contributed by atoms with E-state index in [-0.39, 0.29) is 17.2 Å². The Balaban J connectivity index is 1.21. The number of carbonyl (C=O) groups excluding carboxylic acids is 2. The number of rotatable bonds is 9. The van der Waals surface area contributed by atoms with Gasteiger partial charge in [0, 0.05) is 68.4 Å². The molecule has 2 amide bonds. The van der Waals surface area contributed by atoms with E-state index in [9.17, 15) is 9.59 Å². The molecule has 3 aromatic rings. The predicted molar refractivity (Wildman–Crippen MR) is 147 cm³/mol. The van der Waals surface area contributed by atoms with Crippen molar-refractivity contribution in [3.63, 3.8) is 0 Å². The normalized spacial score (nSPS) is 16.7. The average molecular weight is 535 g/mol. The lowest BCUT2D eigenvalue weighted by Crippen LogP contribution is -2.48. The summed E-state index contributed by atoms with van der Waals surface area (Å²) in [5, 5.41) is 4.83. The first-order chi connectivity index (χ1) is 18.5. The molecular weight excluding hydrogens is 500 g/mol. The zero-order chi connectivity index (χ0) is 26.4. The lowest BCUT2D eigenvalue weighted by molar-refractivity contribution is -0.138. The third-order valence-electron chi connectivity index (χ3n) is 7.86. The van der Waals surface area contributed by atoms with Crippen LogP contribution in [0.15, 0.2) is 67.0 Å². The summed E-state index contributed by atoms with van der Waals surface area (Å²) in [5.41, 5.74) is 2.23. The van der Waals surface area contributed by atoms with Crippen LogP contribution in [-0.2, 0) is 29.1 Å². The van der Waals surface area contributed by atoms with Crippen LogP contribution in [0, 0.1) is 5.41 Å². The van der Waals surface area contributed by atoms with Crippen molar-refractivity contribution in [2.75, 3.05) is 26.2 Å². The summed E-state index contributed by atoms with van der Waals surface area (Å²) < 4.78 is 8.06. The highest BCUT2D eigenvalue weighted by atomic mass is 35.5. The summed E-state index contributed by atoms with van der Waals surface area (Å²) in [7, 11) is 0. The minimum atomic E-state index is -0.331. The van der Waals surface area contributed by atoms with E-state index in [0.29, 0.717) is 49.9 Å². The number of benzene rings is 2. The zero-order valence-corrected chi connectivity index (χ0v) is 22.5. The Morgan fingerprint density at radius 1 is 0.947 bits per heavy atom. The molecule has 0 atom stereocenters. The quantitative estimate of drug-likeness (QED) is 0.388. The van der Waals surface area contributed by atoms with Crippen molar-refractivity contribution in [3.8, 4) is 5.75 Å². The van der Waals surface area contributed by atoms with Gasteiger partial charge in [-0.3, -0.25) is 14.3 Å². The van der Waals surface area contributed by atoms with E-state index in [2.05, 4.69) is 23.3 Å². The van der Waals surface area contributed by atoms with E-state index >= 15 is 0 Å². The van der Waals surface area contributed by atoms with Gasteiger partial charge in [-0.05, 0) is 61.1 Å². The van der Waals surface area contributed by atoms with Gasteiger partial charge in [-0.1, -0.05) is 41.9 Å². The third kappa shape index (κ3) is 6.57. The molecule has 0 radical (unpaired) electrons. The molecule has 3 heterocycles. The number of hydrogen-bond donors (Lipinski definition) is 0. The molecule has 0 unspecified atom stereocenters. The Kier molecular flexibility index (Phi) is 8.32. The summed E-state index contributed by atoms with van der Waals surface area (Å²) in [6.45, 7) is 3.82. The summed E-state index contributed by atoms with van der Waals surface area (Å²) in [4.78, 5) is 30.4. The topological polar surface area (TPSA) is 67.7 Å². The van der Waals surface area contributed by atoms with Crippen molar-refractivity contribution < 1.29 is 14.3 Å². The highest BCUT2D eigenvalue weighted by Crippen LogP contribution is 2.37. The van der Waals surface area contributed by atoms with Crippen molar-refractivity contribution in [3.05, 3.63) is 83.1 Å². The lowest BCUT2D eigenvalue weighted by Gasteiger charge is -2.42. The molecule has 2 aliphatic rings. The zero-order valence-electron chi connectivity index (χ0n) is 21.7. The maximum absolute atomic E-state index is 13.6. The molecule has 38 heavy (non-hydrogen) atoms. The average Bonchev–Trinajstić information content (AvgIpc) is 3.46. The smallest absolute Gasteiger partial charge is 0.223 e. The van der Waals surface area contributed by atoms with Crippen LogP contribution >= 0.6 is 11.6 Å². The van der Waals surface area contributed by atoms with Crippen LogP contribution in [0.3, 0.4) is 0 Å². The largest absolute Gasteiger partial charge is 0.493 e. The van der Waals surface area contributed by atoms with Crippen LogP contribution in [0.2, 0.25) is 5.02 Å². The van der Waals surface area contributed by atoms with Crippen molar-refractivity contribution >= 4 is 23.4 Å². The molecule has 200 valence electrons. The molecule has 1 saturated heterocycles. The Morgan fingerprint density at radius 2 is 1.76 bits per heavy atom. The minimum Gasteiger partial charge on any atom is -0.493 e. The highest BCUT2D eigenvalue weighted by Gasteiger charge is 2.40. The number of halogens is 1. The van der Waals surface area contributed by atoms with Gasteiger partial charge in [0.1, 0.15) is 5.75 Å². The van der Waals surface area contributed by atoms with Gasteiger partial charge < -0.3 is 14.5 Å². The summed E-state index contributed by atoms with van der Waals surface area (Å²) in [6.07, 6.45) is 7.68. The van der Waals surface area contributed by atoms with Gasteiger partial charge >= 0.3 is 0 Å². The fraction of sp³-hybridized carbons (Fsp3) is 0.433. The second-order valence-electron chi connectivity index (χ2n) is 10.5. The van der Waals surface area contributed by atoms with Crippen LogP contribution in [0.1, 0.15) is 43.2 Å². The van der Waals surface area contributed by atoms with E-state index in [1.54, 1.807) is 12.3 Å². The Labute approximate surface area is 229 Å². The molecule has 2 aromatic carbocycles. The third-order valence-corrected chi connectivity index (χ3v) is 8.10. The Morgan fingerprint density at radius 3 is 2.53 bits per heavy atom. The lowest BCUT2D eigenvalue weighted by atomic mass is 9.75. The molecule has 7 nitrogen and oxygen atoms in total. The molecule has 0 aliphatic carbocycles. The number of fused-ring (bicyclic) bond motifs is 1. The van der Waals surface area contributed by atoms with Gasteiger partial charge in [-0.15, -0.1) is 0 Å². The van der Waals surface area contributed by atoms with E-state index in [1.807, 2.05) is 51.0 Å². The van der Waals surface area contributed by atoms with Gasteiger partial charge in [0.25, 0.3) is 0 Å². The number of hydrogen-bond acceptors (Lipinski definition) is 4. The minimum absolute atomic E-state index is 0.160. The van der Waals surface area contributed by atoms with Gasteiger partial charge in [0.05, 0.1) is 6.61 Å². The number of aryl methyl sites for hydroxylation is 1. The Hall–Kier alpha value is -3.32. The van der Waals surface area contributed by atoms with Crippen molar-refractivity contribution in [2.24, 2.45) is 5.41 Å². The number of nitrogens with zero attached hydrogens (tertiary/aromatic N) is 4. The van der Waals surface area contributed by atoms with Crippen molar-refractivity contribution in [2.45, 2.75) is 51.6 Å². The number of aromatic nitrogens is 2. The van der Waals surface area contributed by atoms with Crippen molar-refractivity contribution in [1.82, 2.24) is 19.6 Å². The molecule has 2 aliphatic heterocycles. The number of amides is 2. The van der Waals surface area contributed by atoms with Crippen LogP contribution < -0.4 is 4.74 Å². The molecule has 0 saturated carbocycles. The molecule has 8 heteroatoms. The van der Waals surface area contributed by atoms with Crippen LogP contribution in [0.4, 0.5) is 0 Å². The number of carbonyl (C=O) groups is 2. The van der Waals surface area contributed by atoms with Crippen LogP contribution in [0.25, 0.3) is 0 Å². The first-order valence-corrected chi connectivity index (χ1v) is 13.9. The number of ether oxygens (including phenoxy) is 1. The van der Waals surface area contributed by atoms with Gasteiger partial charge in [-0.2, -0.15) is 5.10 Å². The maximum Gasteiger partial charge on any atom is 0.223 e. The van der Waals surface area contributed by atoms with E-state index in [0.717, 1.165) is 38.8 Å². The van der Waals surface area contributed by atoms with Crippen LogP contribution in [0.5, 0.6) is 5.75 Å². The molecule has 0 N–H and O–H groups in total. The molecule has 1 fully saturated rings. The summed E-state index contributed by atoms with van der Waals surface area (Å²) >= 11 is 6.17. The standard InChI is InChI=1S/C30H35ClN4O3/c31-26-8-3-9-27(20-26)38-23-30(21-29(37)34-17-11-24-6-1-2-7-25(24)22-34)12-18-33(19-13-30)28(36)10-4-15-35-16-5-14-32-35/h1-3,5-9,14,16,20H,4,10-13,15,17-19,21-23H2. The monoisotopic (exact) mass is 534 g/mol. The number of piperidine rings is 1. The van der Waals surface area contributed by atoms with Gasteiger partial charge in [0.15, 0.2) is 0 Å². The molecule has 0 spiro atoms. The van der Waals surface area contributed by atoms with Crippen LogP contribution in [-0.4, -0.2) is 57.6 Å². The Bertz CT molecular complexity index is 1240. The van der Waals surface area contributed by atoms with Crippen molar-refractivity contribution in [1.29, 1.82) is 0 Å². The highest BCUT2D eigenvalue weighted by molar-refractivity contribution is 6.30. The first kappa shape index (κ1) is 26.3. The fourth-order valence-corrected chi connectivity index (χ4v) is 5.70. The summed E-state index contributed by atoms with van der Waals surface area (Å²) in [6, 6.07) is 17.6. The van der Waals surface area contributed by atoms with E-state index < -0.39 is 0 Å². The SMILES string of the molecule is O=C(CCCn1cccn1)N1CCC(COc2cccc(Cl)c2)(CC(=O)N2CCc3ccccc3C2)CC1. The molecule has 5 rings (SSSR count). The molecular formula is C30H35ClN4O3. The maximum atomic E-state index is 13.6. The first-order valence-electron chi connectivity index (χ1n) is 13.5. The molecule has 0 bridgehead atoms. The van der Waals surface area contributed by atoms with Gasteiger partial charge in [0.2, 0.25) is 11.8 Å². The number of likely N-dealkylation sites (tertiary alicyclic amines) is 1. The van der Waals surface area contributed by atoms with Gasteiger partial charge in [-0.25, -0.2) is 0 Å². The molecule has 1 aromatic heterocycles. The second-order valence-corrected chi connectivity index (χ2v) is 10.9.